The molecule has 1 heterocycles. The van der Waals surface area contributed by atoms with Crippen LogP contribution in [0.5, 0.6) is 0 Å². The molecule has 1 aromatic rings. The lowest BCUT2D eigenvalue weighted by molar-refractivity contribution is 0.0171. The molecule has 1 N–H and O–H groups in total. The molecule has 86 valence electrons. The highest BCUT2D eigenvalue weighted by atomic mass is 19.3. The molecule has 5 nitrogen and oxygen atoms in total. The van der Waals surface area contributed by atoms with Crippen molar-refractivity contribution in [1.82, 2.24) is 15.5 Å². The van der Waals surface area contributed by atoms with Gasteiger partial charge in [-0.3, -0.25) is 0 Å². The van der Waals surface area contributed by atoms with Gasteiger partial charge in [-0.05, 0) is 7.05 Å². The van der Waals surface area contributed by atoms with Gasteiger partial charge in [0.2, 0.25) is 5.89 Å². The van der Waals surface area contributed by atoms with Gasteiger partial charge in [-0.15, -0.1) is 0 Å². The first-order chi connectivity index (χ1) is 7.22. The summed E-state index contributed by atoms with van der Waals surface area (Å²) in [6, 6.07) is 0. The average Bonchev–Trinajstić information content (AvgIpc) is 2.61. The maximum atomic E-state index is 11.7. The molecule has 0 saturated heterocycles. The summed E-state index contributed by atoms with van der Waals surface area (Å²) in [5, 5.41) is 6.53. The van der Waals surface area contributed by atoms with Crippen molar-refractivity contribution >= 4 is 0 Å². The van der Waals surface area contributed by atoms with Crippen LogP contribution in [0, 0.1) is 0 Å². The maximum absolute atomic E-state index is 11.7. The van der Waals surface area contributed by atoms with Gasteiger partial charge in [0.15, 0.2) is 5.82 Å². The fourth-order valence-corrected chi connectivity index (χ4v) is 0.954. The zero-order valence-corrected chi connectivity index (χ0v) is 8.37. The number of nitrogens with zero attached hydrogens (tertiary/aromatic N) is 2. The Morgan fingerprint density at radius 1 is 1.53 bits per heavy atom. The van der Waals surface area contributed by atoms with Crippen molar-refractivity contribution in [3.05, 3.63) is 11.7 Å². The van der Waals surface area contributed by atoms with Gasteiger partial charge < -0.3 is 14.6 Å². The lowest BCUT2D eigenvalue weighted by Crippen LogP contribution is -2.08. The van der Waals surface area contributed by atoms with Crippen LogP contribution < -0.4 is 5.32 Å². The third-order valence-electron chi connectivity index (χ3n) is 1.55. The number of aromatic nitrogens is 2. The van der Waals surface area contributed by atoms with E-state index in [4.69, 9.17) is 4.52 Å². The van der Waals surface area contributed by atoms with Crippen LogP contribution in [0.3, 0.4) is 0 Å². The van der Waals surface area contributed by atoms with Crippen molar-refractivity contribution in [3.63, 3.8) is 0 Å². The molecule has 0 amide bonds. The topological polar surface area (TPSA) is 60.2 Å². The number of alkyl halides is 2. The molecule has 7 heteroatoms. The molecule has 15 heavy (non-hydrogen) atoms. The van der Waals surface area contributed by atoms with Gasteiger partial charge in [0, 0.05) is 0 Å². The van der Waals surface area contributed by atoms with E-state index in [9.17, 15) is 8.78 Å². The molecule has 0 aliphatic heterocycles. The second kappa shape index (κ2) is 6.41. The summed E-state index contributed by atoms with van der Waals surface area (Å²) < 4.78 is 32.9. The van der Waals surface area contributed by atoms with E-state index in [1.54, 1.807) is 7.05 Å². The van der Waals surface area contributed by atoms with E-state index >= 15 is 0 Å². The molecular formula is C8H13F2N3O2. The third kappa shape index (κ3) is 4.80. The normalized spacial score (nSPS) is 11.2. The minimum atomic E-state index is -2.44. The molecule has 0 unspecified atom stereocenters. The van der Waals surface area contributed by atoms with Crippen molar-refractivity contribution in [2.24, 2.45) is 0 Å². The highest BCUT2D eigenvalue weighted by Gasteiger charge is 2.06. The summed E-state index contributed by atoms with van der Waals surface area (Å²) in [7, 11) is 1.77. The molecule has 0 bridgehead atoms. The van der Waals surface area contributed by atoms with E-state index in [-0.39, 0.29) is 6.61 Å². The number of ether oxygens (including phenoxy) is 1. The van der Waals surface area contributed by atoms with Crippen molar-refractivity contribution < 1.29 is 18.0 Å². The Labute approximate surface area is 85.8 Å². The minimum Gasteiger partial charge on any atom is -0.375 e. The molecule has 0 radical (unpaired) electrons. The summed E-state index contributed by atoms with van der Waals surface area (Å²) in [5.74, 6) is 0.941. The highest BCUT2D eigenvalue weighted by molar-refractivity contribution is 4.85. The molecule has 1 rings (SSSR count). The molecule has 0 atom stereocenters. The Balaban J connectivity index is 2.19. The van der Waals surface area contributed by atoms with Gasteiger partial charge >= 0.3 is 0 Å². The first kappa shape index (κ1) is 12.0. The summed E-state index contributed by atoms with van der Waals surface area (Å²) >= 11 is 0. The van der Waals surface area contributed by atoms with E-state index < -0.39 is 13.0 Å². The number of hydrogen-bond donors (Lipinski definition) is 1. The molecule has 0 aromatic carbocycles. The van der Waals surface area contributed by atoms with Crippen LogP contribution in [-0.4, -0.2) is 36.8 Å². The Hall–Kier alpha value is -1.08. The zero-order chi connectivity index (χ0) is 11.1. The van der Waals surface area contributed by atoms with Crippen LogP contribution in [0.4, 0.5) is 8.78 Å². The van der Waals surface area contributed by atoms with Gasteiger partial charge in [0.1, 0.15) is 6.61 Å². The fraction of sp³-hybridized carbons (Fsp3) is 0.750. The molecule has 0 aliphatic rings. The minimum absolute atomic E-state index is 0.158. The van der Waals surface area contributed by atoms with E-state index in [2.05, 4.69) is 20.2 Å². The van der Waals surface area contributed by atoms with Crippen molar-refractivity contribution in [2.45, 2.75) is 19.4 Å². The van der Waals surface area contributed by atoms with Crippen molar-refractivity contribution in [3.8, 4) is 0 Å². The van der Waals surface area contributed by atoms with Crippen LogP contribution in [-0.2, 0) is 17.7 Å². The van der Waals surface area contributed by atoms with Crippen molar-refractivity contribution in [1.29, 1.82) is 0 Å². The van der Waals surface area contributed by atoms with Crippen LogP contribution >= 0.6 is 0 Å². The largest absolute Gasteiger partial charge is 0.375 e. The Morgan fingerprint density at radius 2 is 2.33 bits per heavy atom. The Kier molecular flexibility index (Phi) is 5.13. The number of nitrogens with one attached hydrogen (secondary N) is 1. The van der Waals surface area contributed by atoms with Gasteiger partial charge in [-0.1, -0.05) is 5.16 Å². The molecule has 0 fully saturated rings. The van der Waals surface area contributed by atoms with E-state index in [1.165, 1.54) is 0 Å². The van der Waals surface area contributed by atoms with E-state index in [0.717, 1.165) is 0 Å². The third-order valence-corrected chi connectivity index (χ3v) is 1.55. The lowest BCUT2D eigenvalue weighted by atomic mass is 10.4. The molecule has 0 saturated carbocycles. The number of hydrogen-bond acceptors (Lipinski definition) is 5. The van der Waals surface area contributed by atoms with Gasteiger partial charge in [-0.25, -0.2) is 8.78 Å². The number of rotatable bonds is 7. The summed E-state index contributed by atoms with van der Waals surface area (Å²) in [6.45, 7) is 0.116. The molecule has 0 spiro atoms. The smallest absolute Gasteiger partial charge is 0.261 e. The molecule has 0 aliphatic carbocycles. The zero-order valence-electron chi connectivity index (χ0n) is 8.37. The quantitative estimate of drug-likeness (QED) is 0.684. The highest BCUT2D eigenvalue weighted by Crippen LogP contribution is 1.99. The van der Waals surface area contributed by atoms with E-state index in [1.807, 2.05) is 0 Å². The fourth-order valence-electron chi connectivity index (χ4n) is 0.954. The predicted octanol–water partition coefficient (Wildman–Crippen LogP) is 0.613. The molecular weight excluding hydrogens is 208 g/mol. The van der Waals surface area contributed by atoms with Gasteiger partial charge in [0.25, 0.3) is 6.43 Å². The Morgan fingerprint density at radius 3 is 3.00 bits per heavy atom. The Bertz CT molecular complexity index is 281. The van der Waals surface area contributed by atoms with Crippen LogP contribution in [0.1, 0.15) is 11.7 Å². The maximum Gasteiger partial charge on any atom is 0.261 e. The summed E-state index contributed by atoms with van der Waals surface area (Å²) in [4.78, 5) is 4.01. The second-order valence-corrected chi connectivity index (χ2v) is 2.85. The standard InChI is InChI=1S/C8H13F2N3O2/c1-11-4-7-12-8(15-13-7)2-3-14-5-6(9)10/h6,11H,2-5H2,1H3. The van der Waals surface area contributed by atoms with Crippen LogP contribution in [0.25, 0.3) is 0 Å². The average molecular weight is 221 g/mol. The van der Waals surface area contributed by atoms with E-state index in [0.29, 0.717) is 24.7 Å². The number of halogens is 2. The first-order valence-corrected chi connectivity index (χ1v) is 4.54. The van der Waals surface area contributed by atoms with Gasteiger partial charge in [-0.2, -0.15) is 4.98 Å². The van der Waals surface area contributed by atoms with Gasteiger partial charge in [0.05, 0.1) is 19.6 Å². The van der Waals surface area contributed by atoms with Crippen molar-refractivity contribution in [2.75, 3.05) is 20.3 Å². The summed E-state index contributed by atoms with van der Waals surface area (Å²) in [5.41, 5.74) is 0. The predicted molar refractivity (Wildman–Crippen MR) is 47.6 cm³/mol. The van der Waals surface area contributed by atoms with Crippen LogP contribution in [0.15, 0.2) is 4.52 Å². The second-order valence-electron chi connectivity index (χ2n) is 2.85. The summed E-state index contributed by atoms with van der Waals surface area (Å²) in [6.07, 6.45) is -2.09. The molecule has 1 aromatic heterocycles. The first-order valence-electron chi connectivity index (χ1n) is 4.54. The monoisotopic (exact) mass is 221 g/mol. The SMILES string of the molecule is CNCc1noc(CCOCC(F)F)n1. The lowest BCUT2D eigenvalue weighted by Gasteiger charge is -1.99. The van der Waals surface area contributed by atoms with Crippen LogP contribution in [0.2, 0.25) is 0 Å².